The van der Waals surface area contributed by atoms with Crippen molar-refractivity contribution >= 4 is 16.6 Å². The van der Waals surface area contributed by atoms with Gasteiger partial charge in [0.25, 0.3) is 0 Å². The molecule has 0 aliphatic rings. The van der Waals surface area contributed by atoms with Crippen LogP contribution in [-0.4, -0.2) is 9.38 Å². The first-order chi connectivity index (χ1) is 8.97. The number of benzene rings is 1. The van der Waals surface area contributed by atoms with Gasteiger partial charge in [0.15, 0.2) is 5.49 Å². The molecule has 19 heavy (non-hydrogen) atoms. The smallest absolute Gasteiger partial charge is 0.301 e. The molecule has 3 aromatic rings. The molecule has 0 aliphatic carbocycles. The Morgan fingerprint density at radius 2 is 1.89 bits per heavy atom. The van der Waals surface area contributed by atoms with Crippen LogP contribution in [-0.2, 0) is 6.18 Å². The first-order valence-corrected chi connectivity index (χ1v) is 5.50. The lowest BCUT2D eigenvalue weighted by atomic mass is 10.1. The fraction of sp³-hybridized carbons (Fsp3) is 0.0769. The average Bonchev–Trinajstić information content (AvgIpc) is 2.37. The highest BCUT2D eigenvalue weighted by Crippen LogP contribution is 2.30. The summed E-state index contributed by atoms with van der Waals surface area (Å²) in [6, 6.07) is 8.38. The van der Waals surface area contributed by atoms with Gasteiger partial charge in [0, 0.05) is 11.6 Å². The van der Waals surface area contributed by atoms with Gasteiger partial charge in [-0.1, -0.05) is 6.07 Å². The summed E-state index contributed by atoms with van der Waals surface area (Å²) in [6.45, 7) is 0. The van der Waals surface area contributed by atoms with Gasteiger partial charge in [-0.3, -0.25) is 5.41 Å². The number of hydrogen-bond donors (Lipinski definition) is 1. The van der Waals surface area contributed by atoms with E-state index in [-0.39, 0.29) is 5.49 Å². The number of alkyl halides is 3. The second kappa shape index (κ2) is 3.81. The van der Waals surface area contributed by atoms with Gasteiger partial charge in [-0.15, -0.1) is 0 Å². The van der Waals surface area contributed by atoms with Gasteiger partial charge >= 0.3 is 6.18 Å². The molecular weight excluding hydrogens is 255 g/mol. The molecule has 1 aromatic carbocycles. The summed E-state index contributed by atoms with van der Waals surface area (Å²) in [5.41, 5.74) is 0.00271. The number of hydrogen-bond acceptors (Lipinski definition) is 2. The van der Waals surface area contributed by atoms with Crippen molar-refractivity contribution in [2.24, 2.45) is 0 Å². The number of halogens is 3. The van der Waals surface area contributed by atoms with Gasteiger partial charge in [0.05, 0.1) is 11.1 Å². The highest BCUT2D eigenvalue weighted by Gasteiger charge is 2.30. The second-order valence-electron chi connectivity index (χ2n) is 4.12. The molecule has 1 N–H and O–H groups in total. The number of fused-ring (bicyclic) bond motifs is 3. The molecule has 0 atom stereocenters. The van der Waals surface area contributed by atoms with Crippen LogP contribution in [0.1, 0.15) is 5.56 Å². The minimum atomic E-state index is -4.40. The number of nitrogens with one attached hydrogen (secondary N) is 1. The van der Waals surface area contributed by atoms with E-state index in [1.807, 2.05) is 0 Å². The maximum Gasteiger partial charge on any atom is 0.416 e. The predicted molar refractivity (Wildman–Crippen MR) is 63.6 cm³/mol. The molecule has 3 rings (SSSR count). The first-order valence-electron chi connectivity index (χ1n) is 5.50. The zero-order chi connectivity index (χ0) is 13.6. The van der Waals surface area contributed by atoms with Crippen LogP contribution in [0.3, 0.4) is 0 Å². The summed E-state index contributed by atoms with van der Waals surface area (Å²) >= 11 is 0. The van der Waals surface area contributed by atoms with E-state index in [1.54, 1.807) is 28.8 Å². The Morgan fingerprint density at radius 3 is 2.63 bits per heavy atom. The fourth-order valence-electron chi connectivity index (χ4n) is 2.01. The van der Waals surface area contributed by atoms with Crippen molar-refractivity contribution in [1.82, 2.24) is 9.38 Å². The minimum Gasteiger partial charge on any atom is -0.301 e. The highest BCUT2D eigenvalue weighted by atomic mass is 19.4. The van der Waals surface area contributed by atoms with Crippen molar-refractivity contribution in [1.29, 1.82) is 5.41 Å². The number of pyridine rings is 1. The summed E-state index contributed by atoms with van der Waals surface area (Å²) in [6.07, 6.45) is -2.77. The van der Waals surface area contributed by atoms with Crippen LogP contribution in [0.5, 0.6) is 0 Å². The number of rotatable bonds is 0. The van der Waals surface area contributed by atoms with Crippen molar-refractivity contribution in [3.8, 4) is 0 Å². The van der Waals surface area contributed by atoms with Gasteiger partial charge in [-0.05, 0) is 30.3 Å². The zero-order valence-corrected chi connectivity index (χ0v) is 9.57. The van der Waals surface area contributed by atoms with E-state index in [0.717, 1.165) is 12.1 Å². The lowest BCUT2D eigenvalue weighted by Gasteiger charge is -2.10. The van der Waals surface area contributed by atoms with Crippen LogP contribution in [0.15, 0.2) is 42.6 Å². The zero-order valence-electron chi connectivity index (χ0n) is 9.57. The maximum atomic E-state index is 12.7. The van der Waals surface area contributed by atoms with Gasteiger partial charge < -0.3 is 4.40 Å². The van der Waals surface area contributed by atoms with Crippen LogP contribution in [0.2, 0.25) is 0 Å². The van der Waals surface area contributed by atoms with Gasteiger partial charge in [0.2, 0.25) is 0 Å². The quantitative estimate of drug-likeness (QED) is 0.622. The van der Waals surface area contributed by atoms with Crippen LogP contribution in [0, 0.1) is 5.41 Å². The first kappa shape index (κ1) is 11.7. The third-order valence-electron chi connectivity index (χ3n) is 2.90. The molecule has 2 heterocycles. The Balaban J connectivity index is 2.49. The molecule has 0 saturated carbocycles. The van der Waals surface area contributed by atoms with Crippen molar-refractivity contribution in [2.75, 3.05) is 0 Å². The Morgan fingerprint density at radius 1 is 1.11 bits per heavy atom. The molecule has 0 radical (unpaired) electrons. The molecule has 0 unspecified atom stereocenters. The van der Waals surface area contributed by atoms with Crippen LogP contribution < -0.4 is 5.49 Å². The van der Waals surface area contributed by atoms with Crippen LogP contribution in [0.25, 0.3) is 16.6 Å². The van der Waals surface area contributed by atoms with Crippen LogP contribution >= 0.6 is 0 Å². The van der Waals surface area contributed by atoms with E-state index < -0.39 is 11.7 Å². The van der Waals surface area contributed by atoms with Crippen LogP contribution in [0.4, 0.5) is 13.2 Å². The van der Waals surface area contributed by atoms with E-state index in [0.29, 0.717) is 16.6 Å². The molecule has 0 saturated heterocycles. The Kier molecular flexibility index (Phi) is 2.35. The maximum absolute atomic E-state index is 12.7. The molecule has 6 heteroatoms. The van der Waals surface area contributed by atoms with E-state index >= 15 is 0 Å². The lowest BCUT2D eigenvalue weighted by Crippen LogP contribution is -2.12. The van der Waals surface area contributed by atoms with Crippen molar-refractivity contribution < 1.29 is 13.2 Å². The van der Waals surface area contributed by atoms with E-state index in [1.165, 1.54) is 6.07 Å². The van der Waals surface area contributed by atoms with Crippen molar-refractivity contribution in [3.05, 3.63) is 53.6 Å². The summed E-state index contributed by atoms with van der Waals surface area (Å²) in [5.74, 6) is 0. The second-order valence-corrected chi connectivity index (χ2v) is 4.12. The molecular formula is C13H8F3N3. The fourth-order valence-corrected chi connectivity index (χ4v) is 2.01. The SMILES string of the molecule is N=c1nc2ccccn2c2cc(C(F)(F)F)ccc12. The average molecular weight is 263 g/mol. The minimum absolute atomic E-state index is 0.0325. The number of nitrogens with zero attached hydrogens (tertiary/aromatic N) is 2. The largest absolute Gasteiger partial charge is 0.416 e. The summed E-state index contributed by atoms with van der Waals surface area (Å²) in [7, 11) is 0. The Hall–Kier alpha value is -2.37. The topological polar surface area (TPSA) is 41.2 Å². The molecule has 0 amide bonds. The lowest BCUT2D eigenvalue weighted by molar-refractivity contribution is -0.137. The van der Waals surface area contributed by atoms with E-state index in [9.17, 15) is 13.2 Å². The van der Waals surface area contributed by atoms with Gasteiger partial charge in [0.1, 0.15) is 5.65 Å². The summed E-state index contributed by atoms with van der Waals surface area (Å²) < 4.78 is 39.8. The van der Waals surface area contributed by atoms with E-state index in [2.05, 4.69) is 4.98 Å². The Bertz CT molecular complexity index is 834. The Labute approximate surface area is 105 Å². The number of aromatic nitrogens is 2. The molecule has 0 aliphatic heterocycles. The molecule has 0 spiro atoms. The van der Waals surface area contributed by atoms with Gasteiger partial charge in [-0.2, -0.15) is 13.2 Å². The van der Waals surface area contributed by atoms with Crippen molar-refractivity contribution in [3.63, 3.8) is 0 Å². The van der Waals surface area contributed by atoms with Gasteiger partial charge in [-0.25, -0.2) is 4.98 Å². The third-order valence-corrected chi connectivity index (χ3v) is 2.90. The third kappa shape index (κ3) is 1.85. The molecule has 2 aromatic heterocycles. The monoisotopic (exact) mass is 263 g/mol. The molecule has 0 bridgehead atoms. The molecule has 96 valence electrons. The summed E-state index contributed by atoms with van der Waals surface area (Å²) in [5, 5.41) is 8.15. The standard InChI is InChI=1S/C13H8F3N3/c14-13(15,16)8-4-5-9-10(7-8)19-6-2-1-3-11(19)18-12(9)17/h1-7,17H. The van der Waals surface area contributed by atoms with Crippen molar-refractivity contribution in [2.45, 2.75) is 6.18 Å². The predicted octanol–water partition coefficient (Wildman–Crippen LogP) is 2.99. The molecule has 0 fully saturated rings. The van der Waals surface area contributed by atoms with E-state index in [4.69, 9.17) is 5.41 Å². The molecule has 3 nitrogen and oxygen atoms in total. The summed E-state index contributed by atoms with van der Waals surface area (Å²) in [4.78, 5) is 4.04. The highest BCUT2D eigenvalue weighted by molar-refractivity contribution is 5.80. The normalized spacial score (nSPS) is 12.2.